The van der Waals surface area contributed by atoms with Crippen molar-refractivity contribution in [3.8, 4) is 22.9 Å². The van der Waals surface area contributed by atoms with Gasteiger partial charge in [-0.05, 0) is 80.8 Å². The largest absolute Gasteiger partial charge is 0.486 e. The number of halogens is 2. The second-order valence-electron chi connectivity index (χ2n) is 9.60. The van der Waals surface area contributed by atoms with Crippen molar-refractivity contribution in [2.45, 2.75) is 44.6 Å². The van der Waals surface area contributed by atoms with Crippen LogP contribution in [0.15, 0.2) is 65.6 Å². The van der Waals surface area contributed by atoms with Crippen molar-refractivity contribution >= 4 is 21.5 Å². The van der Waals surface area contributed by atoms with E-state index in [0.29, 0.717) is 0 Å². The Morgan fingerprint density at radius 3 is 2.59 bits per heavy atom. The fourth-order valence-electron chi connectivity index (χ4n) is 4.15. The van der Waals surface area contributed by atoms with Gasteiger partial charge in [0.05, 0.1) is 23.2 Å². The van der Waals surface area contributed by atoms with Gasteiger partial charge in [0.15, 0.2) is 5.78 Å². The molecule has 0 N–H and O–H groups in total. The lowest BCUT2D eigenvalue weighted by molar-refractivity contribution is -0.125. The number of nitriles is 1. The average Bonchev–Trinajstić information content (AvgIpc) is 2.87. The topological polar surface area (TPSA) is 87.5 Å². The summed E-state index contributed by atoms with van der Waals surface area (Å²) in [5, 5.41) is 9.25. The molecule has 0 unspecified atom stereocenters. The van der Waals surface area contributed by atoms with E-state index in [-0.39, 0.29) is 52.6 Å². The minimum Gasteiger partial charge on any atom is -0.486 e. The Morgan fingerprint density at radius 1 is 1.14 bits per heavy atom. The van der Waals surface area contributed by atoms with Gasteiger partial charge in [0, 0.05) is 12.0 Å². The molecule has 0 aromatic heterocycles. The number of nitrogens with zero attached hydrogens (tertiary/aromatic N) is 2. The Labute approximate surface area is 215 Å². The van der Waals surface area contributed by atoms with Gasteiger partial charge in [-0.15, -0.1) is 0 Å². The van der Waals surface area contributed by atoms with E-state index in [0.717, 1.165) is 23.8 Å². The van der Waals surface area contributed by atoms with Crippen LogP contribution < -0.4 is 9.04 Å². The summed E-state index contributed by atoms with van der Waals surface area (Å²) in [6.45, 7) is 4.75. The van der Waals surface area contributed by atoms with Crippen LogP contribution in [-0.4, -0.2) is 26.8 Å². The van der Waals surface area contributed by atoms with Crippen LogP contribution in [0, 0.1) is 35.3 Å². The van der Waals surface area contributed by atoms with Crippen LogP contribution in [0.4, 0.5) is 14.5 Å². The molecule has 0 fully saturated rings. The number of carbonyl (C=O) groups is 1. The molecule has 1 heterocycles. The Morgan fingerprint density at radius 2 is 1.89 bits per heavy atom. The maximum Gasteiger partial charge on any atom is 0.264 e. The number of benzene rings is 3. The highest BCUT2D eigenvalue weighted by molar-refractivity contribution is 7.92. The number of fused-ring (bicyclic) bond motifs is 1. The summed E-state index contributed by atoms with van der Waals surface area (Å²) in [4.78, 5) is 12.6. The zero-order valence-electron chi connectivity index (χ0n) is 20.7. The van der Waals surface area contributed by atoms with Crippen LogP contribution in [0.1, 0.15) is 32.3 Å². The highest BCUT2D eigenvalue weighted by Gasteiger charge is 2.36. The molecule has 0 saturated carbocycles. The minimum atomic E-state index is -4.07. The van der Waals surface area contributed by atoms with Crippen molar-refractivity contribution in [1.29, 1.82) is 5.26 Å². The molecule has 0 radical (unpaired) electrons. The van der Waals surface area contributed by atoms with Crippen molar-refractivity contribution in [1.82, 2.24) is 0 Å². The summed E-state index contributed by atoms with van der Waals surface area (Å²) >= 11 is 0. The number of hydrogen-bond donors (Lipinski definition) is 0. The van der Waals surface area contributed by atoms with Crippen LogP contribution in [0.25, 0.3) is 11.1 Å². The van der Waals surface area contributed by atoms with E-state index in [1.807, 2.05) is 6.07 Å². The van der Waals surface area contributed by atoms with Crippen LogP contribution in [0.2, 0.25) is 0 Å². The second kappa shape index (κ2) is 9.94. The predicted octanol–water partition coefficient (Wildman–Crippen LogP) is 5.80. The van der Waals surface area contributed by atoms with E-state index in [1.165, 1.54) is 42.4 Å². The van der Waals surface area contributed by atoms with Crippen molar-refractivity contribution < 1.29 is 26.7 Å². The van der Waals surface area contributed by atoms with Gasteiger partial charge >= 0.3 is 0 Å². The first-order valence-electron chi connectivity index (χ1n) is 11.7. The van der Waals surface area contributed by atoms with Crippen molar-refractivity contribution in [3.63, 3.8) is 0 Å². The molecule has 4 rings (SSSR count). The zero-order chi connectivity index (χ0) is 27.0. The molecule has 6 nitrogen and oxygen atoms in total. The number of sulfonamides is 1. The number of anilines is 1. The molecule has 0 spiro atoms. The minimum absolute atomic E-state index is 0.0119. The van der Waals surface area contributed by atoms with E-state index < -0.39 is 33.2 Å². The van der Waals surface area contributed by atoms with Gasteiger partial charge in [0.1, 0.15) is 28.9 Å². The van der Waals surface area contributed by atoms with Gasteiger partial charge < -0.3 is 4.74 Å². The molecule has 1 aliphatic heterocycles. The second-order valence-corrected chi connectivity index (χ2v) is 11.5. The molecule has 3 aromatic carbocycles. The van der Waals surface area contributed by atoms with Gasteiger partial charge in [0.2, 0.25) is 0 Å². The molecule has 0 aliphatic carbocycles. The zero-order valence-corrected chi connectivity index (χ0v) is 21.5. The fourth-order valence-corrected chi connectivity index (χ4v) is 5.75. The smallest absolute Gasteiger partial charge is 0.264 e. The molecule has 1 atom stereocenters. The average molecular weight is 525 g/mol. The lowest BCUT2D eigenvalue weighted by Gasteiger charge is -2.36. The summed E-state index contributed by atoms with van der Waals surface area (Å²) in [6.07, 6.45) is -0.433. The van der Waals surface area contributed by atoms with Crippen molar-refractivity contribution in [2.24, 2.45) is 5.41 Å². The van der Waals surface area contributed by atoms with Gasteiger partial charge in [-0.1, -0.05) is 18.2 Å². The molecule has 1 aliphatic rings. The molecular formula is C28H26F2N2O4S. The molecular weight excluding hydrogens is 498 g/mol. The first-order chi connectivity index (χ1) is 17.4. The highest BCUT2D eigenvalue weighted by Crippen LogP contribution is 2.41. The Kier molecular flexibility index (Phi) is 7.07. The lowest BCUT2D eigenvalue weighted by Crippen LogP contribution is -2.44. The number of ketones is 1. The SMILES string of the molecule is Cc1cccc(S(=O)(=O)N2C[C@H](CCC(=O)C(C)(C)C#N)Oc3ccc(-c4cc(F)ccc4F)cc32)c1. The molecule has 0 saturated heterocycles. The maximum absolute atomic E-state index is 14.5. The van der Waals surface area contributed by atoms with Crippen LogP contribution in [0.3, 0.4) is 0 Å². The number of rotatable bonds is 7. The fraction of sp³-hybridized carbons (Fsp3) is 0.286. The maximum atomic E-state index is 14.5. The van der Waals surface area contributed by atoms with E-state index in [4.69, 9.17) is 4.74 Å². The number of carbonyl (C=O) groups excluding carboxylic acids is 1. The normalized spacial score (nSPS) is 15.5. The van der Waals surface area contributed by atoms with Gasteiger partial charge in [-0.25, -0.2) is 17.2 Å². The van der Waals surface area contributed by atoms with Gasteiger partial charge in [-0.2, -0.15) is 5.26 Å². The molecule has 9 heteroatoms. The summed E-state index contributed by atoms with van der Waals surface area (Å²) in [5.41, 5.74) is 0.0491. The molecule has 3 aromatic rings. The lowest BCUT2D eigenvalue weighted by atomic mass is 9.87. The van der Waals surface area contributed by atoms with Crippen LogP contribution >= 0.6 is 0 Å². The standard InChI is InChI=1S/C28H26F2N2O4S/c1-18-5-4-6-22(13-18)37(34,35)32-16-21(9-12-27(33)28(2,3)17-31)36-26-11-7-19(14-25(26)32)23-15-20(29)8-10-24(23)30/h4-8,10-11,13-15,21H,9,12,16H2,1-3H3/t21-/m0/s1. The predicted molar refractivity (Wildman–Crippen MR) is 136 cm³/mol. The number of aryl methyl sites for hydroxylation is 1. The third-order valence-corrected chi connectivity index (χ3v) is 8.15. The Balaban J connectivity index is 1.76. The molecule has 192 valence electrons. The summed E-state index contributed by atoms with van der Waals surface area (Å²) in [7, 11) is -4.07. The van der Waals surface area contributed by atoms with Crippen molar-refractivity contribution in [3.05, 3.63) is 77.9 Å². The molecule has 0 bridgehead atoms. The monoisotopic (exact) mass is 524 g/mol. The number of Topliss-reactive ketones (excluding diaryl/α,β-unsaturated/α-hetero) is 1. The third-order valence-electron chi connectivity index (χ3n) is 6.38. The summed E-state index contributed by atoms with van der Waals surface area (Å²) < 4.78 is 63.2. The van der Waals surface area contributed by atoms with Crippen molar-refractivity contribution in [2.75, 3.05) is 10.8 Å². The highest BCUT2D eigenvalue weighted by atomic mass is 32.2. The summed E-state index contributed by atoms with van der Waals surface area (Å²) in [6, 6.07) is 16.0. The Hall–Kier alpha value is -3.77. The quantitative estimate of drug-likeness (QED) is 0.390. The molecule has 0 amide bonds. The summed E-state index contributed by atoms with van der Waals surface area (Å²) in [5.74, 6) is -1.31. The first kappa shape index (κ1) is 26.3. The van der Waals surface area contributed by atoms with Crippen LogP contribution in [0.5, 0.6) is 5.75 Å². The van der Waals surface area contributed by atoms with E-state index in [1.54, 1.807) is 25.1 Å². The number of ether oxygens (including phenoxy) is 1. The van der Waals surface area contributed by atoms with Gasteiger partial charge in [-0.3, -0.25) is 9.10 Å². The number of hydrogen-bond acceptors (Lipinski definition) is 5. The van der Waals surface area contributed by atoms with Gasteiger partial charge in [0.25, 0.3) is 10.0 Å². The Bertz CT molecular complexity index is 1510. The first-order valence-corrected chi connectivity index (χ1v) is 13.2. The van der Waals surface area contributed by atoms with E-state index >= 15 is 0 Å². The van der Waals surface area contributed by atoms with E-state index in [2.05, 4.69) is 0 Å². The van der Waals surface area contributed by atoms with E-state index in [9.17, 15) is 27.3 Å². The molecule has 37 heavy (non-hydrogen) atoms. The third kappa shape index (κ3) is 5.35. The van der Waals surface area contributed by atoms with Crippen LogP contribution in [-0.2, 0) is 14.8 Å².